The van der Waals surface area contributed by atoms with Gasteiger partial charge in [0.1, 0.15) is 5.60 Å². The van der Waals surface area contributed by atoms with Crippen LogP contribution in [0.1, 0.15) is 41.5 Å². The zero-order chi connectivity index (χ0) is 23.4. The normalized spacial score (nSPS) is 17.8. The third-order valence-corrected chi connectivity index (χ3v) is 10.7. The van der Waals surface area contributed by atoms with E-state index >= 15 is 0 Å². The molecule has 2 aromatic carbocycles. The van der Waals surface area contributed by atoms with Gasteiger partial charge in [0.25, 0.3) is 8.32 Å². The molecule has 1 amide bonds. The Hall–Kier alpha value is -2.15. The van der Waals surface area contributed by atoms with Gasteiger partial charge in [-0.15, -0.1) is 0 Å². The molecule has 1 heterocycles. The highest BCUT2D eigenvalue weighted by atomic mass is 28.4. The quantitative estimate of drug-likeness (QED) is 0.634. The monoisotopic (exact) mass is 455 g/mol. The molecule has 0 aromatic heterocycles. The third kappa shape index (κ3) is 5.60. The van der Waals surface area contributed by atoms with Gasteiger partial charge in [0.2, 0.25) is 0 Å². The molecule has 0 N–H and O–H groups in total. The van der Waals surface area contributed by atoms with Crippen LogP contribution in [-0.4, -0.2) is 57.3 Å². The number of ether oxygens (including phenoxy) is 2. The minimum atomic E-state index is -2.64. The number of morpholine rings is 1. The van der Waals surface area contributed by atoms with Crippen molar-refractivity contribution >= 4 is 24.8 Å². The number of carbonyl (C=O) groups is 1. The van der Waals surface area contributed by atoms with Crippen LogP contribution in [0.2, 0.25) is 5.04 Å². The first-order chi connectivity index (χ1) is 15.0. The highest BCUT2D eigenvalue weighted by Crippen LogP contribution is 2.37. The maximum absolute atomic E-state index is 12.6. The van der Waals surface area contributed by atoms with E-state index in [1.807, 2.05) is 32.9 Å². The minimum absolute atomic E-state index is 0.102. The molecule has 0 bridgehead atoms. The fourth-order valence-corrected chi connectivity index (χ4v) is 8.88. The van der Waals surface area contributed by atoms with E-state index in [-0.39, 0.29) is 17.2 Å². The standard InChI is InChI=1S/C26H37NO4Si/c1-25(2,3)31-24(28)27-17-18-29-21(19-27)20-30-32(26(4,5)6,22-13-9-7-10-14-22)23-15-11-8-12-16-23/h7-16,21H,17-20H2,1-6H3/t21-/m0/s1. The number of hydrogen-bond acceptors (Lipinski definition) is 4. The molecule has 3 rings (SSSR count). The molecule has 6 heteroatoms. The van der Waals surface area contributed by atoms with Crippen LogP contribution < -0.4 is 10.4 Å². The summed E-state index contributed by atoms with van der Waals surface area (Å²) in [5.41, 5.74) is -0.518. The van der Waals surface area contributed by atoms with Crippen molar-refractivity contribution in [2.45, 2.75) is 58.3 Å². The second-order valence-electron chi connectivity index (χ2n) is 10.4. The van der Waals surface area contributed by atoms with Gasteiger partial charge in [-0.2, -0.15) is 0 Å². The molecule has 0 spiro atoms. The van der Waals surface area contributed by atoms with Crippen LogP contribution in [-0.2, 0) is 13.9 Å². The molecule has 2 aromatic rings. The first kappa shape index (κ1) is 24.5. The van der Waals surface area contributed by atoms with Crippen molar-refractivity contribution in [1.82, 2.24) is 4.90 Å². The van der Waals surface area contributed by atoms with E-state index in [1.54, 1.807) is 4.90 Å². The summed E-state index contributed by atoms with van der Waals surface area (Å²) in [4.78, 5) is 14.3. The topological polar surface area (TPSA) is 48.0 Å². The van der Waals surface area contributed by atoms with Crippen LogP contribution in [0.25, 0.3) is 0 Å². The van der Waals surface area contributed by atoms with E-state index in [1.165, 1.54) is 10.4 Å². The van der Waals surface area contributed by atoms with Gasteiger partial charge in [-0.05, 0) is 36.2 Å². The van der Waals surface area contributed by atoms with Crippen LogP contribution in [0.3, 0.4) is 0 Å². The van der Waals surface area contributed by atoms with Crippen molar-refractivity contribution in [1.29, 1.82) is 0 Å². The van der Waals surface area contributed by atoms with Gasteiger partial charge in [-0.3, -0.25) is 0 Å². The number of nitrogens with zero attached hydrogens (tertiary/aromatic N) is 1. The summed E-state index contributed by atoms with van der Waals surface area (Å²) in [6, 6.07) is 21.1. The Morgan fingerprint density at radius 1 is 0.969 bits per heavy atom. The largest absolute Gasteiger partial charge is 0.444 e. The lowest BCUT2D eigenvalue weighted by atomic mass is 10.2. The van der Waals surface area contributed by atoms with Gasteiger partial charge in [0.05, 0.1) is 25.9 Å². The highest BCUT2D eigenvalue weighted by molar-refractivity contribution is 6.99. The molecule has 1 atom stereocenters. The molecule has 1 fully saturated rings. The minimum Gasteiger partial charge on any atom is -0.444 e. The molecule has 1 saturated heterocycles. The smallest absolute Gasteiger partial charge is 0.410 e. The molecule has 0 saturated carbocycles. The van der Waals surface area contributed by atoms with Crippen molar-refractivity contribution in [2.75, 3.05) is 26.3 Å². The van der Waals surface area contributed by atoms with Gasteiger partial charge in [0, 0.05) is 6.54 Å². The molecular weight excluding hydrogens is 418 g/mol. The summed E-state index contributed by atoms with van der Waals surface area (Å²) in [5, 5.41) is 2.37. The van der Waals surface area contributed by atoms with Crippen LogP contribution in [0.4, 0.5) is 4.79 Å². The van der Waals surface area contributed by atoms with Crippen molar-refractivity contribution in [3.05, 3.63) is 60.7 Å². The van der Waals surface area contributed by atoms with E-state index in [4.69, 9.17) is 13.9 Å². The number of hydrogen-bond donors (Lipinski definition) is 0. The van der Waals surface area contributed by atoms with E-state index in [0.717, 1.165) is 0 Å². The number of carbonyl (C=O) groups excluding carboxylic acids is 1. The molecule has 174 valence electrons. The SMILES string of the molecule is CC(C)(C)OC(=O)N1CCO[C@H](CO[Si](c2ccccc2)(c2ccccc2)C(C)(C)C)C1. The summed E-state index contributed by atoms with van der Waals surface area (Å²) in [7, 11) is -2.64. The lowest BCUT2D eigenvalue weighted by Crippen LogP contribution is -2.67. The maximum Gasteiger partial charge on any atom is 0.410 e. The van der Waals surface area contributed by atoms with Gasteiger partial charge in [0.15, 0.2) is 0 Å². The van der Waals surface area contributed by atoms with Crippen LogP contribution >= 0.6 is 0 Å². The zero-order valence-corrected chi connectivity index (χ0v) is 21.3. The Kier molecular flexibility index (Phi) is 7.48. The first-order valence-corrected chi connectivity index (χ1v) is 13.3. The lowest BCUT2D eigenvalue weighted by molar-refractivity contribution is -0.0569. The zero-order valence-electron chi connectivity index (χ0n) is 20.3. The Labute approximate surface area is 193 Å². The molecule has 32 heavy (non-hydrogen) atoms. The van der Waals surface area contributed by atoms with E-state index in [9.17, 15) is 4.79 Å². The summed E-state index contributed by atoms with van der Waals surface area (Å²) in [6.07, 6.45) is -0.492. The van der Waals surface area contributed by atoms with Gasteiger partial charge >= 0.3 is 6.09 Å². The van der Waals surface area contributed by atoms with Crippen LogP contribution in [0.5, 0.6) is 0 Å². The number of amides is 1. The Balaban J connectivity index is 1.86. The maximum atomic E-state index is 12.6. The van der Waals surface area contributed by atoms with Crippen molar-refractivity contribution in [3.8, 4) is 0 Å². The highest BCUT2D eigenvalue weighted by Gasteiger charge is 2.50. The summed E-state index contributed by atoms with van der Waals surface area (Å²) in [6.45, 7) is 14.3. The van der Waals surface area contributed by atoms with Crippen molar-refractivity contribution in [3.63, 3.8) is 0 Å². The Bertz CT molecular complexity index is 835. The molecular formula is C26H37NO4Si. The fourth-order valence-electron chi connectivity index (χ4n) is 4.29. The molecule has 1 aliphatic heterocycles. The van der Waals surface area contributed by atoms with Crippen molar-refractivity contribution < 1.29 is 18.7 Å². The molecule has 0 unspecified atom stereocenters. The average Bonchev–Trinajstić information content (AvgIpc) is 2.74. The second-order valence-corrected chi connectivity index (χ2v) is 14.7. The summed E-state index contributed by atoms with van der Waals surface area (Å²) < 4.78 is 18.5. The van der Waals surface area contributed by atoms with Gasteiger partial charge in [-0.25, -0.2) is 4.79 Å². The fraction of sp³-hybridized carbons (Fsp3) is 0.500. The van der Waals surface area contributed by atoms with Gasteiger partial charge < -0.3 is 18.8 Å². The third-order valence-electron chi connectivity index (χ3n) is 5.69. The molecule has 0 aliphatic carbocycles. The van der Waals surface area contributed by atoms with E-state index in [2.05, 4.69) is 69.3 Å². The predicted octanol–water partition coefficient (Wildman–Crippen LogP) is 4.20. The van der Waals surface area contributed by atoms with Crippen molar-refractivity contribution in [2.24, 2.45) is 0 Å². The second kappa shape index (κ2) is 9.77. The van der Waals surface area contributed by atoms with E-state index < -0.39 is 13.9 Å². The summed E-state index contributed by atoms with van der Waals surface area (Å²) in [5.74, 6) is 0. The Morgan fingerprint density at radius 3 is 1.97 bits per heavy atom. The lowest BCUT2D eigenvalue weighted by Gasteiger charge is -2.44. The number of rotatable bonds is 5. The van der Waals surface area contributed by atoms with E-state index in [0.29, 0.717) is 26.3 Å². The van der Waals surface area contributed by atoms with Crippen LogP contribution in [0, 0.1) is 0 Å². The van der Waals surface area contributed by atoms with Crippen LogP contribution in [0.15, 0.2) is 60.7 Å². The van der Waals surface area contributed by atoms with Gasteiger partial charge in [-0.1, -0.05) is 81.4 Å². The summed E-state index contributed by atoms with van der Waals surface area (Å²) >= 11 is 0. The predicted molar refractivity (Wildman–Crippen MR) is 131 cm³/mol. The molecule has 1 aliphatic rings. The Morgan fingerprint density at radius 2 is 1.50 bits per heavy atom. The average molecular weight is 456 g/mol. The molecule has 5 nitrogen and oxygen atoms in total. The molecule has 0 radical (unpaired) electrons. The first-order valence-electron chi connectivity index (χ1n) is 11.4. The number of benzene rings is 2.